The van der Waals surface area contributed by atoms with Crippen LogP contribution in [0, 0.1) is 0 Å². The second kappa shape index (κ2) is 5.57. The highest BCUT2D eigenvalue weighted by Gasteiger charge is 2.36. The van der Waals surface area contributed by atoms with E-state index in [-0.39, 0.29) is 17.4 Å². The molecule has 2 N–H and O–H groups in total. The summed E-state index contributed by atoms with van der Waals surface area (Å²) >= 11 is 6.02. The minimum atomic E-state index is -0.0814. The lowest BCUT2D eigenvalue weighted by Gasteiger charge is -2.29. The summed E-state index contributed by atoms with van der Waals surface area (Å²) in [4.78, 5) is 0. The molecule has 1 aromatic rings. The zero-order valence-corrected chi connectivity index (χ0v) is 12.3. The molecule has 0 spiro atoms. The molecule has 0 aromatic heterocycles. The van der Waals surface area contributed by atoms with Gasteiger partial charge in [0.2, 0.25) is 0 Å². The van der Waals surface area contributed by atoms with E-state index in [0.29, 0.717) is 17.3 Å². The SMILES string of the molecule is COc1cc(Cl)cc(CNC2(C)CCOC2C)c1O. The lowest BCUT2D eigenvalue weighted by molar-refractivity contribution is 0.0880. The minimum absolute atomic E-state index is 0.0814. The van der Waals surface area contributed by atoms with E-state index >= 15 is 0 Å². The molecule has 0 radical (unpaired) electrons. The Kier molecular flexibility index (Phi) is 4.23. The quantitative estimate of drug-likeness (QED) is 0.893. The van der Waals surface area contributed by atoms with Gasteiger partial charge < -0.3 is 19.9 Å². The van der Waals surface area contributed by atoms with Crippen LogP contribution in [0.3, 0.4) is 0 Å². The van der Waals surface area contributed by atoms with E-state index < -0.39 is 0 Å². The normalized spacial score (nSPS) is 26.6. The van der Waals surface area contributed by atoms with Gasteiger partial charge in [-0.05, 0) is 26.3 Å². The molecule has 106 valence electrons. The van der Waals surface area contributed by atoms with Gasteiger partial charge in [-0.2, -0.15) is 0 Å². The van der Waals surface area contributed by atoms with Crippen molar-refractivity contribution in [3.63, 3.8) is 0 Å². The second-order valence-corrected chi connectivity index (χ2v) is 5.59. The molecule has 1 saturated heterocycles. The number of halogens is 1. The number of rotatable bonds is 4. The average molecular weight is 286 g/mol. The number of aromatic hydroxyl groups is 1. The monoisotopic (exact) mass is 285 g/mol. The third kappa shape index (κ3) is 2.96. The first kappa shape index (κ1) is 14.4. The maximum atomic E-state index is 10.1. The number of phenols is 1. The van der Waals surface area contributed by atoms with Crippen LogP contribution in [0.2, 0.25) is 5.02 Å². The Hall–Kier alpha value is -0.970. The Morgan fingerprint density at radius 2 is 2.32 bits per heavy atom. The topological polar surface area (TPSA) is 50.7 Å². The van der Waals surface area contributed by atoms with Gasteiger partial charge in [-0.3, -0.25) is 0 Å². The van der Waals surface area contributed by atoms with Crippen LogP contribution in [0.15, 0.2) is 12.1 Å². The minimum Gasteiger partial charge on any atom is -0.504 e. The molecule has 1 aromatic carbocycles. The predicted octanol–water partition coefficient (Wildman–Crippen LogP) is 2.71. The van der Waals surface area contributed by atoms with E-state index in [1.165, 1.54) is 7.11 Å². The molecule has 1 fully saturated rings. The summed E-state index contributed by atoms with van der Waals surface area (Å²) in [5, 5.41) is 14.1. The van der Waals surface area contributed by atoms with Gasteiger partial charge >= 0.3 is 0 Å². The number of hydrogen-bond donors (Lipinski definition) is 2. The van der Waals surface area contributed by atoms with Gasteiger partial charge in [0.05, 0.1) is 13.2 Å². The molecule has 2 unspecified atom stereocenters. The number of phenolic OH excluding ortho intramolecular Hbond substituents is 1. The van der Waals surface area contributed by atoms with Crippen LogP contribution in [0.5, 0.6) is 11.5 Å². The van der Waals surface area contributed by atoms with Gasteiger partial charge in [-0.15, -0.1) is 0 Å². The lowest BCUT2D eigenvalue weighted by Crippen LogP contribution is -2.47. The first-order valence-corrected chi connectivity index (χ1v) is 6.76. The van der Waals surface area contributed by atoms with E-state index in [9.17, 15) is 5.11 Å². The molecule has 0 aliphatic carbocycles. The van der Waals surface area contributed by atoms with Crippen LogP contribution in [-0.4, -0.2) is 30.5 Å². The van der Waals surface area contributed by atoms with Crippen molar-refractivity contribution in [2.24, 2.45) is 0 Å². The Morgan fingerprint density at radius 3 is 2.89 bits per heavy atom. The largest absolute Gasteiger partial charge is 0.504 e. The molecule has 5 heteroatoms. The fourth-order valence-corrected chi connectivity index (χ4v) is 2.51. The number of nitrogens with one attached hydrogen (secondary N) is 1. The van der Waals surface area contributed by atoms with E-state index in [1.54, 1.807) is 12.1 Å². The van der Waals surface area contributed by atoms with Crippen molar-refractivity contribution < 1.29 is 14.6 Å². The van der Waals surface area contributed by atoms with E-state index in [2.05, 4.69) is 19.2 Å². The summed E-state index contributed by atoms with van der Waals surface area (Å²) in [6, 6.07) is 3.35. The first-order valence-electron chi connectivity index (χ1n) is 6.38. The second-order valence-electron chi connectivity index (χ2n) is 5.15. The van der Waals surface area contributed by atoms with E-state index in [0.717, 1.165) is 18.6 Å². The van der Waals surface area contributed by atoms with Gasteiger partial charge in [-0.25, -0.2) is 0 Å². The zero-order valence-electron chi connectivity index (χ0n) is 11.5. The molecule has 2 atom stereocenters. The summed E-state index contributed by atoms with van der Waals surface area (Å²) in [6.45, 7) is 5.46. The number of methoxy groups -OCH3 is 1. The summed E-state index contributed by atoms with van der Waals surface area (Å²) < 4.78 is 10.7. The van der Waals surface area contributed by atoms with Crippen LogP contribution < -0.4 is 10.1 Å². The van der Waals surface area contributed by atoms with Crippen LogP contribution >= 0.6 is 11.6 Å². The molecule has 1 heterocycles. The van der Waals surface area contributed by atoms with Crippen LogP contribution in [0.1, 0.15) is 25.8 Å². The standard InChI is InChI=1S/C14H20ClNO3/c1-9-14(2,4-5-19-9)16-8-10-6-11(15)7-12(18-3)13(10)17/h6-7,9,16-17H,4-5,8H2,1-3H3. The van der Waals surface area contributed by atoms with Crippen molar-refractivity contribution in [3.8, 4) is 11.5 Å². The van der Waals surface area contributed by atoms with Crippen molar-refractivity contribution in [2.75, 3.05) is 13.7 Å². The zero-order chi connectivity index (χ0) is 14.0. The van der Waals surface area contributed by atoms with Crippen molar-refractivity contribution in [1.29, 1.82) is 0 Å². The molecule has 1 aliphatic rings. The molecule has 1 aliphatic heterocycles. The highest BCUT2D eigenvalue weighted by Crippen LogP contribution is 2.34. The van der Waals surface area contributed by atoms with Crippen LogP contribution in [0.25, 0.3) is 0 Å². The van der Waals surface area contributed by atoms with Gasteiger partial charge in [0.25, 0.3) is 0 Å². The van der Waals surface area contributed by atoms with Crippen molar-refractivity contribution in [1.82, 2.24) is 5.32 Å². The fourth-order valence-electron chi connectivity index (χ4n) is 2.28. The molecule has 19 heavy (non-hydrogen) atoms. The van der Waals surface area contributed by atoms with Crippen LogP contribution in [-0.2, 0) is 11.3 Å². The predicted molar refractivity (Wildman–Crippen MR) is 74.9 cm³/mol. The maximum absolute atomic E-state index is 10.1. The molecular weight excluding hydrogens is 266 g/mol. The highest BCUT2D eigenvalue weighted by molar-refractivity contribution is 6.30. The highest BCUT2D eigenvalue weighted by atomic mass is 35.5. The Labute approximate surface area is 118 Å². The van der Waals surface area contributed by atoms with Gasteiger partial charge in [-0.1, -0.05) is 11.6 Å². The molecule has 0 saturated carbocycles. The summed E-state index contributed by atoms with van der Waals surface area (Å²) in [7, 11) is 1.51. The fraction of sp³-hybridized carbons (Fsp3) is 0.571. The molecule has 0 bridgehead atoms. The van der Waals surface area contributed by atoms with Crippen molar-refractivity contribution in [3.05, 3.63) is 22.7 Å². The Bertz CT molecular complexity index is 466. The van der Waals surface area contributed by atoms with Crippen LogP contribution in [0.4, 0.5) is 0 Å². The number of ether oxygens (including phenoxy) is 2. The van der Waals surface area contributed by atoms with E-state index in [4.69, 9.17) is 21.1 Å². The Balaban J connectivity index is 2.13. The van der Waals surface area contributed by atoms with Crippen molar-refractivity contribution >= 4 is 11.6 Å². The molecular formula is C14H20ClNO3. The lowest BCUT2D eigenvalue weighted by atomic mass is 9.94. The average Bonchev–Trinajstić information content (AvgIpc) is 2.71. The molecule has 0 amide bonds. The smallest absolute Gasteiger partial charge is 0.162 e. The van der Waals surface area contributed by atoms with Crippen molar-refractivity contribution in [2.45, 2.75) is 38.5 Å². The molecule has 4 nitrogen and oxygen atoms in total. The van der Waals surface area contributed by atoms with Gasteiger partial charge in [0.15, 0.2) is 11.5 Å². The Morgan fingerprint density at radius 1 is 1.58 bits per heavy atom. The number of hydrogen-bond acceptors (Lipinski definition) is 4. The first-order chi connectivity index (χ1) is 8.96. The summed E-state index contributed by atoms with van der Waals surface area (Å²) in [5.74, 6) is 0.528. The third-order valence-electron chi connectivity index (χ3n) is 3.91. The van der Waals surface area contributed by atoms with E-state index in [1.807, 2.05) is 0 Å². The van der Waals surface area contributed by atoms with Gasteiger partial charge in [0.1, 0.15) is 0 Å². The number of benzene rings is 1. The van der Waals surface area contributed by atoms with Gasteiger partial charge in [0, 0.05) is 35.3 Å². The summed E-state index contributed by atoms with van der Waals surface area (Å²) in [6.07, 6.45) is 1.10. The summed E-state index contributed by atoms with van der Waals surface area (Å²) in [5.41, 5.74) is 0.645. The maximum Gasteiger partial charge on any atom is 0.162 e. The third-order valence-corrected chi connectivity index (χ3v) is 4.13. The molecule has 2 rings (SSSR count).